The van der Waals surface area contributed by atoms with E-state index in [4.69, 9.17) is 5.41 Å². The van der Waals surface area contributed by atoms with Gasteiger partial charge in [-0.2, -0.15) is 0 Å². The molecular weight excluding hydrogens is 212 g/mol. The third kappa shape index (κ3) is 2.46. The minimum absolute atomic E-state index is 0.121. The number of carbonyl (C=O) groups excluding carboxylic acids is 1. The van der Waals surface area contributed by atoms with Crippen LogP contribution in [0.5, 0.6) is 0 Å². The molecule has 0 aromatic carbocycles. The second-order valence-corrected chi connectivity index (χ2v) is 3.76. The third-order valence-corrected chi connectivity index (χ3v) is 2.90. The summed E-state index contributed by atoms with van der Waals surface area (Å²) in [5, 5.41) is 19.7. The molecule has 6 nitrogen and oxygen atoms in total. The Labute approximate surface area is 92.9 Å². The summed E-state index contributed by atoms with van der Waals surface area (Å²) in [6, 6.07) is -0.831. The summed E-state index contributed by atoms with van der Waals surface area (Å²) >= 11 is 0. The third-order valence-electron chi connectivity index (χ3n) is 2.90. The van der Waals surface area contributed by atoms with Crippen molar-refractivity contribution < 1.29 is 14.5 Å². The SMILES string of the molecule is COC(=O)C(=C=[N-])C1CCCCC1[N+](=O)[O-]. The molecule has 0 heterocycles. The summed E-state index contributed by atoms with van der Waals surface area (Å²) in [5.41, 5.74) is -0.121. The van der Waals surface area contributed by atoms with Gasteiger partial charge < -0.3 is 10.1 Å². The van der Waals surface area contributed by atoms with Gasteiger partial charge in [0.2, 0.25) is 6.04 Å². The van der Waals surface area contributed by atoms with Gasteiger partial charge in [-0.05, 0) is 12.8 Å². The lowest BCUT2D eigenvalue weighted by atomic mass is 9.80. The highest BCUT2D eigenvalue weighted by atomic mass is 16.6. The molecule has 88 valence electrons. The Balaban J connectivity index is 2.94. The molecule has 6 heteroatoms. The molecule has 0 radical (unpaired) electrons. The minimum Gasteiger partial charge on any atom is -0.763 e. The van der Waals surface area contributed by atoms with Crippen molar-refractivity contribution in [2.24, 2.45) is 5.92 Å². The zero-order valence-corrected chi connectivity index (χ0v) is 9.01. The first kappa shape index (κ1) is 12.4. The van der Waals surface area contributed by atoms with Crippen molar-refractivity contribution in [3.8, 4) is 0 Å². The van der Waals surface area contributed by atoms with Crippen LogP contribution >= 0.6 is 0 Å². The van der Waals surface area contributed by atoms with E-state index in [0.717, 1.165) is 12.8 Å². The molecule has 1 aliphatic carbocycles. The molecule has 1 saturated carbocycles. The van der Waals surface area contributed by atoms with Gasteiger partial charge in [0.1, 0.15) is 0 Å². The molecule has 0 saturated heterocycles. The molecule has 1 aliphatic rings. The maximum Gasteiger partial charge on any atom is 0.340 e. The van der Waals surface area contributed by atoms with Crippen molar-refractivity contribution in [2.75, 3.05) is 7.11 Å². The smallest absolute Gasteiger partial charge is 0.340 e. The molecule has 0 aliphatic heterocycles. The zero-order valence-electron chi connectivity index (χ0n) is 9.01. The van der Waals surface area contributed by atoms with Gasteiger partial charge in [0.15, 0.2) is 0 Å². The predicted molar refractivity (Wildman–Crippen MR) is 56.6 cm³/mol. The lowest BCUT2D eigenvalue weighted by Crippen LogP contribution is -2.35. The summed E-state index contributed by atoms with van der Waals surface area (Å²) in [6.45, 7) is 0. The number of hydrogen-bond donors (Lipinski definition) is 0. The average molecular weight is 225 g/mol. The van der Waals surface area contributed by atoms with Gasteiger partial charge in [-0.1, -0.05) is 6.42 Å². The monoisotopic (exact) mass is 225 g/mol. The largest absolute Gasteiger partial charge is 0.763 e. The van der Waals surface area contributed by atoms with E-state index < -0.39 is 22.9 Å². The quantitative estimate of drug-likeness (QED) is 0.237. The molecule has 1 fully saturated rings. The van der Waals surface area contributed by atoms with Crippen molar-refractivity contribution in [2.45, 2.75) is 31.7 Å². The van der Waals surface area contributed by atoms with Crippen LogP contribution in [0, 0.1) is 16.0 Å². The molecule has 16 heavy (non-hydrogen) atoms. The van der Waals surface area contributed by atoms with Crippen LogP contribution in [0.3, 0.4) is 0 Å². The maximum absolute atomic E-state index is 11.3. The number of methoxy groups -OCH3 is 1. The van der Waals surface area contributed by atoms with E-state index in [1.54, 1.807) is 5.87 Å². The van der Waals surface area contributed by atoms with Gasteiger partial charge in [-0.15, -0.1) is 0 Å². The summed E-state index contributed by atoms with van der Waals surface area (Å²) < 4.78 is 4.46. The Morgan fingerprint density at radius 1 is 1.50 bits per heavy atom. The molecule has 0 bridgehead atoms. The maximum atomic E-state index is 11.3. The second kappa shape index (κ2) is 5.42. The van der Waals surface area contributed by atoms with Gasteiger partial charge in [-0.25, -0.2) is 4.79 Å². The Kier molecular flexibility index (Phi) is 4.19. The molecule has 0 spiro atoms. The summed E-state index contributed by atoms with van der Waals surface area (Å²) in [6.07, 6.45) is 2.49. The minimum atomic E-state index is -0.831. The fourth-order valence-corrected chi connectivity index (χ4v) is 2.09. The Bertz CT molecular complexity index is 347. The highest BCUT2D eigenvalue weighted by molar-refractivity contribution is 5.99. The fraction of sp³-hybridized carbons (Fsp3) is 0.700. The van der Waals surface area contributed by atoms with Crippen molar-refractivity contribution in [1.29, 1.82) is 0 Å². The van der Waals surface area contributed by atoms with E-state index in [-0.39, 0.29) is 5.57 Å². The van der Waals surface area contributed by atoms with Gasteiger partial charge in [0.05, 0.1) is 18.6 Å². The highest BCUT2D eigenvalue weighted by Gasteiger charge is 2.38. The van der Waals surface area contributed by atoms with E-state index in [9.17, 15) is 14.9 Å². The molecule has 0 N–H and O–H groups in total. The van der Waals surface area contributed by atoms with E-state index in [1.807, 2.05) is 0 Å². The average Bonchev–Trinajstić information content (AvgIpc) is 2.30. The molecule has 0 aromatic rings. The molecular formula is C10H13N2O4-. The van der Waals surface area contributed by atoms with Crippen LogP contribution in [0.25, 0.3) is 5.41 Å². The van der Waals surface area contributed by atoms with Crippen LogP contribution in [0.1, 0.15) is 25.7 Å². The first-order valence-corrected chi connectivity index (χ1v) is 5.10. The number of nitro groups is 1. The van der Waals surface area contributed by atoms with E-state index >= 15 is 0 Å². The highest BCUT2D eigenvalue weighted by Crippen LogP contribution is 2.31. The summed E-state index contributed by atoms with van der Waals surface area (Å²) in [4.78, 5) is 21.7. The van der Waals surface area contributed by atoms with Crippen molar-refractivity contribution in [1.82, 2.24) is 0 Å². The van der Waals surface area contributed by atoms with Gasteiger partial charge in [-0.3, -0.25) is 16.0 Å². The van der Waals surface area contributed by atoms with Crippen LogP contribution < -0.4 is 0 Å². The van der Waals surface area contributed by atoms with Gasteiger partial charge in [0.25, 0.3) is 0 Å². The summed E-state index contributed by atoms with van der Waals surface area (Å²) in [7, 11) is 1.17. The lowest BCUT2D eigenvalue weighted by Gasteiger charge is -2.25. The van der Waals surface area contributed by atoms with E-state index in [1.165, 1.54) is 7.11 Å². The number of nitrogens with zero attached hydrogens (tertiary/aromatic N) is 2. The summed E-state index contributed by atoms with van der Waals surface area (Å²) in [5.74, 6) is 0.400. The first-order valence-electron chi connectivity index (χ1n) is 5.10. The number of hydrogen-bond acceptors (Lipinski definition) is 4. The van der Waals surface area contributed by atoms with Crippen LogP contribution in [-0.2, 0) is 9.53 Å². The Morgan fingerprint density at radius 3 is 2.62 bits per heavy atom. The van der Waals surface area contributed by atoms with E-state index in [2.05, 4.69) is 4.74 Å². The van der Waals surface area contributed by atoms with Crippen LogP contribution in [0.15, 0.2) is 5.57 Å². The van der Waals surface area contributed by atoms with Crippen molar-refractivity contribution in [3.63, 3.8) is 0 Å². The standard InChI is InChI=1S/C10H13N2O4/c1-16-10(13)8(6-11)7-4-2-3-5-9(7)12(14)15/h7,9H,2-5H2,1H3/q-1. The predicted octanol–water partition coefficient (Wildman–Crippen LogP) is 1.16. The number of rotatable bonds is 3. The first-order chi connectivity index (χ1) is 7.61. The topological polar surface area (TPSA) is 91.7 Å². The lowest BCUT2D eigenvalue weighted by molar-refractivity contribution is -0.533. The van der Waals surface area contributed by atoms with Crippen molar-refractivity contribution >= 4 is 11.8 Å². The number of esters is 1. The van der Waals surface area contributed by atoms with Crippen LogP contribution in [-0.4, -0.2) is 29.9 Å². The normalized spacial score (nSPS) is 24.3. The molecule has 2 unspecified atom stereocenters. The molecule has 0 amide bonds. The van der Waals surface area contributed by atoms with Crippen LogP contribution in [0.2, 0.25) is 0 Å². The van der Waals surface area contributed by atoms with Gasteiger partial charge >= 0.3 is 5.97 Å². The fourth-order valence-electron chi connectivity index (χ4n) is 2.09. The van der Waals surface area contributed by atoms with E-state index in [0.29, 0.717) is 12.8 Å². The number of ether oxygens (including phenoxy) is 1. The zero-order chi connectivity index (χ0) is 12.1. The Hall–Kier alpha value is -1.68. The molecule has 1 rings (SSSR count). The molecule has 0 aromatic heterocycles. The molecule has 2 atom stereocenters. The van der Waals surface area contributed by atoms with Crippen LogP contribution in [0.4, 0.5) is 0 Å². The van der Waals surface area contributed by atoms with Gasteiger partial charge in [0, 0.05) is 11.3 Å². The number of carbonyl (C=O) groups is 1. The second-order valence-electron chi connectivity index (χ2n) is 3.76. The van der Waals surface area contributed by atoms with Crippen molar-refractivity contribution in [3.05, 3.63) is 21.1 Å². The Morgan fingerprint density at radius 2 is 2.12 bits per heavy atom.